The van der Waals surface area contributed by atoms with Crippen LogP contribution in [0.3, 0.4) is 0 Å². The Morgan fingerprint density at radius 1 is 1.15 bits per heavy atom. The molecule has 3 rings (SSSR count). The van der Waals surface area contributed by atoms with E-state index in [0.29, 0.717) is 38.0 Å². The predicted octanol–water partition coefficient (Wildman–Crippen LogP) is 9.15. The van der Waals surface area contributed by atoms with Crippen LogP contribution in [0, 0.1) is 19.8 Å². The average Bonchev–Trinajstić information content (AvgIpc) is 3.62. The Balaban J connectivity index is 0.00000254. The summed E-state index contributed by atoms with van der Waals surface area (Å²) in [6, 6.07) is 4.32. The number of ether oxygens (including phenoxy) is 3. The van der Waals surface area contributed by atoms with Crippen LogP contribution in [0.1, 0.15) is 106 Å². The molecule has 0 radical (unpaired) electrons. The second-order valence-corrected chi connectivity index (χ2v) is 13.3. The molecule has 9 heteroatoms. The fourth-order valence-electron chi connectivity index (χ4n) is 5.09. The summed E-state index contributed by atoms with van der Waals surface area (Å²) in [4.78, 5) is 14.3. The molecule has 2 aromatic rings. The summed E-state index contributed by atoms with van der Waals surface area (Å²) < 4.78 is 23.9. The lowest BCUT2D eigenvalue weighted by atomic mass is 9.77. The zero-order chi connectivity index (χ0) is 35.2. The first-order valence-corrected chi connectivity index (χ1v) is 17.8. The number of hydrogen-bond acceptors (Lipinski definition) is 9. The van der Waals surface area contributed by atoms with Crippen molar-refractivity contribution in [1.29, 1.82) is 0 Å². The number of hydrogen-bond donors (Lipinski definition) is 1. The summed E-state index contributed by atoms with van der Waals surface area (Å²) >= 11 is 1.68. The fourth-order valence-corrected chi connectivity index (χ4v) is 5.88. The molecule has 2 heterocycles. The SMILES string of the molecule is CC.CC.CCOC(O)C(C)(C)OC1(C)C(C)=CC(CN(CC(=NC(C)CC)OC)Cc2nc(-c3ccc(C)s3)oc2C)=CC1C. The molecule has 1 N–H and O–H groups in total. The summed E-state index contributed by atoms with van der Waals surface area (Å²) in [7, 11) is 1.69. The van der Waals surface area contributed by atoms with Gasteiger partial charge < -0.3 is 23.7 Å². The van der Waals surface area contributed by atoms with Crippen molar-refractivity contribution in [2.45, 2.75) is 133 Å². The van der Waals surface area contributed by atoms with Gasteiger partial charge in [-0.1, -0.05) is 53.7 Å². The van der Waals surface area contributed by atoms with Crippen LogP contribution in [0.25, 0.3) is 10.8 Å². The fraction of sp³-hybridized carbons (Fsp3) is 0.676. The molecule has 0 fully saturated rings. The van der Waals surface area contributed by atoms with Crippen molar-refractivity contribution < 1.29 is 23.7 Å². The van der Waals surface area contributed by atoms with E-state index >= 15 is 0 Å². The number of aliphatic hydroxyl groups excluding tert-OH is 1. The molecule has 0 aliphatic heterocycles. The van der Waals surface area contributed by atoms with E-state index in [-0.39, 0.29) is 12.0 Å². The van der Waals surface area contributed by atoms with E-state index in [2.05, 4.69) is 70.7 Å². The van der Waals surface area contributed by atoms with E-state index in [4.69, 9.17) is 28.6 Å². The Bertz CT molecular complexity index is 1280. The molecular weight excluding hydrogens is 598 g/mol. The van der Waals surface area contributed by atoms with E-state index in [9.17, 15) is 5.11 Å². The van der Waals surface area contributed by atoms with Gasteiger partial charge in [0, 0.05) is 30.5 Å². The highest BCUT2D eigenvalue weighted by atomic mass is 32.1. The maximum absolute atomic E-state index is 10.6. The first kappa shape index (κ1) is 41.7. The van der Waals surface area contributed by atoms with Gasteiger partial charge in [-0.25, -0.2) is 4.98 Å². The number of rotatable bonds is 14. The van der Waals surface area contributed by atoms with Crippen LogP contribution in [-0.2, 0) is 20.8 Å². The van der Waals surface area contributed by atoms with Crippen molar-refractivity contribution in [3.05, 3.63) is 51.8 Å². The Hall–Kier alpha value is -2.30. The second kappa shape index (κ2) is 19.5. The van der Waals surface area contributed by atoms with Gasteiger partial charge in [0.2, 0.25) is 5.89 Å². The minimum atomic E-state index is -1.02. The third-order valence-corrected chi connectivity index (χ3v) is 9.07. The molecule has 0 saturated heterocycles. The van der Waals surface area contributed by atoms with Crippen molar-refractivity contribution in [3.8, 4) is 10.8 Å². The standard InChI is InChI=1S/C33H51N3O5S.2C2H6/c1-12-23(5)34-29(38-11)20-36(19-27-25(7)40-30(35-27)28-15-14-24(6)42-28)18-26-16-21(3)33(10,22(4)17-26)41-32(8,9)31(37)39-13-2;2*1-2/h14-17,21,23,31,37H,12-13,18-20H2,1-11H3;2*1-2H3. The molecule has 4 atom stereocenters. The molecule has 0 spiro atoms. The lowest BCUT2D eigenvalue weighted by molar-refractivity contribution is -0.251. The van der Waals surface area contributed by atoms with E-state index in [1.807, 2.05) is 55.4 Å². The molecule has 4 unspecified atom stereocenters. The number of aromatic nitrogens is 1. The van der Waals surface area contributed by atoms with Gasteiger partial charge in [0.25, 0.3) is 0 Å². The average molecular weight is 662 g/mol. The second-order valence-electron chi connectivity index (χ2n) is 12.0. The molecule has 0 bridgehead atoms. The predicted molar refractivity (Wildman–Crippen MR) is 194 cm³/mol. The number of methoxy groups -OCH3 is 1. The van der Waals surface area contributed by atoms with Crippen LogP contribution < -0.4 is 0 Å². The van der Waals surface area contributed by atoms with Gasteiger partial charge in [-0.15, -0.1) is 11.3 Å². The normalized spacial score (nSPS) is 19.8. The number of thiophene rings is 1. The Morgan fingerprint density at radius 3 is 2.33 bits per heavy atom. The highest BCUT2D eigenvalue weighted by molar-refractivity contribution is 7.15. The molecule has 1 aliphatic rings. The van der Waals surface area contributed by atoms with Gasteiger partial charge in [0.15, 0.2) is 12.2 Å². The highest BCUT2D eigenvalue weighted by Gasteiger charge is 2.43. The van der Waals surface area contributed by atoms with Gasteiger partial charge in [-0.2, -0.15) is 0 Å². The van der Waals surface area contributed by atoms with Crippen molar-refractivity contribution in [3.63, 3.8) is 0 Å². The van der Waals surface area contributed by atoms with Gasteiger partial charge in [0.1, 0.15) is 11.4 Å². The van der Waals surface area contributed by atoms with Crippen LogP contribution in [0.2, 0.25) is 0 Å². The van der Waals surface area contributed by atoms with Crippen LogP contribution in [0.15, 0.2) is 44.8 Å². The van der Waals surface area contributed by atoms with Crippen LogP contribution in [0.5, 0.6) is 0 Å². The summed E-state index contributed by atoms with van der Waals surface area (Å²) in [5, 5.41) is 10.6. The number of aliphatic hydroxyl groups is 1. The number of nitrogens with zero attached hydrogens (tertiary/aromatic N) is 3. The van der Waals surface area contributed by atoms with Gasteiger partial charge >= 0.3 is 0 Å². The lowest BCUT2D eigenvalue weighted by Gasteiger charge is -2.45. The highest BCUT2D eigenvalue weighted by Crippen LogP contribution is 2.40. The smallest absolute Gasteiger partial charge is 0.236 e. The molecule has 1 aliphatic carbocycles. The molecule has 0 amide bonds. The Labute approximate surface area is 284 Å². The van der Waals surface area contributed by atoms with E-state index in [0.717, 1.165) is 28.3 Å². The van der Waals surface area contributed by atoms with Crippen molar-refractivity contribution in [2.75, 3.05) is 26.8 Å². The monoisotopic (exact) mass is 661 g/mol. The summed E-state index contributed by atoms with van der Waals surface area (Å²) in [5.41, 5.74) is 1.70. The Morgan fingerprint density at radius 2 is 1.80 bits per heavy atom. The third-order valence-electron chi connectivity index (χ3n) is 8.09. The minimum absolute atomic E-state index is 0.0607. The molecule has 262 valence electrons. The lowest BCUT2D eigenvalue weighted by Crippen LogP contribution is -2.51. The topological polar surface area (TPSA) is 89.5 Å². The largest absolute Gasteiger partial charge is 0.483 e. The van der Waals surface area contributed by atoms with Crippen molar-refractivity contribution >= 4 is 17.2 Å². The quantitative estimate of drug-likeness (QED) is 0.123. The van der Waals surface area contributed by atoms with E-state index in [1.165, 1.54) is 10.5 Å². The summed E-state index contributed by atoms with van der Waals surface area (Å²) in [6.45, 7) is 30.4. The van der Waals surface area contributed by atoms with E-state index < -0.39 is 17.5 Å². The van der Waals surface area contributed by atoms with Crippen LogP contribution >= 0.6 is 11.3 Å². The van der Waals surface area contributed by atoms with Gasteiger partial charge in [0.05, 0.1) is 35.9 Å². The molecule has 0 saturated carbocycles. The first-order valence-electron chi connectivity index (χ1n) is 17.0. The van der Waals surface area contributed by atoms with E-state index in [1.54, 1.807) is 18.4 Å². The number of aryl methyl sites for hydroxylation is 2. The molecule has 8 nitrogen and oxygen atoms in total. The minimum Gasteiger partial charge on any atom is -0.483 e. The number of oxazole rings is 1. The van der Waals surface area contributed by atoms with Gasteiger partial charge in [-0.3, -0.25) is 9.89 Å². The molecular formula is C37H63N3O5S. The molecule has 2 aromatic heterocycles. The maximum atomic E-state index is 10.6. The van der Waals surface area contributed by atoms with Crippen LogP contribution in [0.4, 0.5) is 0 Å². The molecule has 0 aromatic carbocycles. The number of aliphatic imine (C=N–C) groups is 1. The zero-order valence-corrected chi connectivity index (χ0v) is 32.2. The van der Waals surface area contributed by atoms with Crippen LogP contribution in [-0.4, -0.2) is 71.2 Å². The Kier molecular flexibility index (Phi) is 17.7. The summed E-state index contributed by atoms with van der Waals surface area (Å²) in [6.07, 6.45) is 4.38. The third kappa shape index (κ3) is 11.4. The molecule has 46 heavy (non-hydrogen) atoms. The van der Waals surface area contributed by atoms with Crippen molar-refractivity contribution in [2.24, 2.45) is 10.9 Å². The van der Waals surface area contributed by atoms with Crippen molar-refractivity contribution in [1.82, 2.24) is 9.88 Å². The summed E-state index contributed by atoms with van der Waals surface area (Å²) in [5.74, 6) is 2.23. The first-order chi connectivity index (χ1) is 21.7. The zero-order valence-electron chi connectivity index (χ0n) is 31.4. The maximum Gasteiger partial charge on any atom is 0.236 e. The van der Waals surface area contributed by atoms with Gasteiger partial charge in [-0.05, 0) is 85.1 Å².